The predicted octanol–water partition coefficient (Wildman–Crippen LogP) is 2.56. The second-order valence-corrected chi connectivity index (χ2v) is 5.99. The van der Waals surface area contributed by atoms with Crippen LogP contribution in [0.1, 0.15) is 5.69 Å². The molecule has 3 aromatic rings. The Morgan fingerprint density at radius 3 is 2.46 bits per heavy atom. The van der Waals surface area contributed by atoms with Gasteiger partial charge in [-0.25, -0.2) is 4.98 Å². The van der Waals surface area contributed by atoms with Gasteiger partial charge in [0.15, 0.2) is 0 Å². The topological polar surface area (TPSA) is 92.2 Å². The number of fused-ring (bicyclic) bond motifs is 1. The minimum atomic E-state index is 0.642. The van der Waals surface area contributed by atoms with E-state index in [0.717, 1.165) is 28.9 Å². The van der Waals surface area contributed by atoms with Gasteiger partial charge in [-0.1, -0.05) is 0 Å². The lowest BCUT2D eigenvalue weighted by Crippen LogP contribution is -2.08. The van der Waals surface area contributed by atoms with Gasteiger partial charge < -0.3 is 25.5 Å². The third-order valence-electron chi connectivity index (χ3n) is 4.10. The number of benzene rings is 2. The molecule has 0 spiro atoms. The van der Waals surface area contributed by atoms with E-state index in [1.807, 2.05) is 44.2 Å². The van der Waals surface area contributed by atoms with E-state index in [9.17, 15) is 0 Å². The Bertz CT molecular complexity index is 1000. The maximum Gasteiger partial charge on any atom is 0.126 e. The van der Waals surface area contributed by atoms with E-state index >= 15 is 0 Å². The molecule has 0 aliphatic rings. The molecule has 0 unspecified atom stereocenters. The van der Waals surface area contributed by atoms with Gasteiger partial charge >= 0.3 is 0 Å². The molecule has 28 heavy (non-hydrogen) atoms. The second kappa shape index (κ2) is 8.90. The highest BCUT2D eigenvalue weighted by Crippen LogP contribution is 2.29. The number of methoxy groups -OCH3 is 2. The van der Waals surface area contributed by atoms with Crippen molar-refractivity contribution in [2.24, 2.45) is 0 Å². The number of nitrogens with one attached hydrogen (secondary N) is 3. The van der Waals surface area contributed by atoms with Crippen LogP contribution in [0.4, 0.5) is 11.4 Å². The highest BCUT2D eigenvalue weighted by molar-refractivity contribution is 6.10. The number of hydrogen-bond donors (Lipinski definition) is 3. The summed E-state index contributed by atoms with van der Waals surface area (Å²) in [5, 5.41) is 14.1. The maximum absolute atomic E-state index is 7.61. The number of ether oxygens (including phenoxy) is 2. The van der Waals surface area contributed by atoms with Gasteiger partial charge in [-0.3, -0.25) is 4.98 Å². The Balaban J connectivity index is 1.94. The number of nitrogens with zero attached hydrogens (tertiary/aromatic N) is 2. The average molecular weight is 375 g/mol. The lowest BCUT2D eigenvalue weighted by atomic mass is 10.1. The molecule has 0 aliphatic heterocycles. The molecule has 8 heteroatoms. The van der Waals surface area contributed by atoms with Crippen molar-refractivity contribution >= 4 is 42.0 Å². The van der Waals surface area contributed by atoms with Gasteiger partial charge in [-0.2, -0.15) is 0 Å². The first kappa shape index (κ1) is 19.2. The first-order valence-electron chi connectivity index (χ1n) is 8.88. The number of aromatic nitrogens is 2. The van der Waals surface area contributed by atoms with Crippen LogP contribution in [0.25, 0.3) is 16.6 Å². The quantitative estimate of drug-likeness (QED) is 0.414. The molecule has 7 nitrogen and oxygen atoms in total. The van der Waals surface area contributed by atoms with Crippen molar-refractivity contribution in [1.82, 2.24) is 15.3 Å². The van der Waals surface area contributed by atoms with Crippen LogP contribution in [0.2, 0.25) is 0 Å². The summed E-state index contributed by atoms with van der Waals surface area (Å²) >= 11 is 0. The van der Waals surface area contributed by atoms with Crippen LogP contribution in [0.5, 0.6) is 11.5 Å². The average Bonchev–Trinajstić information content (AvgIpc) is 2.73. The Hall–Kier alpha value is -3.55. The molecule has 1 aromatic heterocycles. The number of allylic oxidation sites excluding steroid dienone is 1. The van der Waals surface area contributed by atoms with Gasteiger partial charge in [0.1, 0.15) is 19.3 Å². The third kappa shape index (κ3) is 4.40. The lowest BCUT2D eigenvalue weighted by Gasteiger charge is -2.11. The van der Waals surface area contributed by atoms with Crippen LogP contribution in [-0.4, -0.2) is 44.7 Å². The first-order valence-corrected chi connectivity index (χ1v) is 8.88. The van der Waals surface area contributed by atoms with E-state index in [4.69, 9.17) is 14.9 Å². The molecule has 0 aliphatic carbocycles. The standard InChI is InChI=1S/C20H22BN5O2/c1-27-16-5-15(6-17(8-16)28-2)25-14-3-4-18-19(7-14)26-20(11-24-18)13(9-22)10-23-12-21/h3-11,22-23,25H,12,21H2,1-2H3/b13-10+,22-9?. The van der Waals surface area contributed by atoms with Crippen LogP contribution in [-0.2, 0) is 0 Å². The summed E-state index contributed by atoms with van der Waals surface area (Å²) in [6.07, 6.45) is 5.49. The smallest absolute Gasteiger partial charge is 0.126 e. The van der Waals surface area contributed by atoms with Gasteiger partial charge in [0.05, 0.1) is 37.1 Å². The van der Waals surface area contributed by atoms with Crippen molar-refractivity contribution in [1.29, 1.82) is 5.41 Å². The summed E-state index contributed by atoms with van der Waals surface area (Å²) in [4.78, 5) is 9.12. The van der Waals surface area contributed by atoms with E-state index in [2.05, 4.69) is 20.6 Å². The Morgan fingerprint density at radius 2 is 1.82 bits per heavy atom. The summed E-state index contributed by atoms with van der Waals surface area (Å²) < 4.78 is 10.6. The van der Waals surface area contributed by atoms with Crippen LogP contribution >= 0.6 is 0 Å². The molecule has 3 N–H and O–H groups in total. The molecule has 0 saturated carbocycles. The van der Waals surface area contributed by atoms with Crippen molar-refractivity contribution in [2.45, 2.75) is 0 Å². The fourth-order valence-corrected chi connectivity index (χ4v) is 2.68. The Morgan fingerprint density at radius 1 is 1.07 bits per heavy atom. The van der Waals surface area contributed by atoms with E-state index in [1.54, 1.807) is 26.6 Å². The number of rotatable bonds is 8. The molecule has 0 saturated heterocycles. The Labute approximate surface area is 164 Å². The molecule has 0 fully saturated rings. The largest absolute Gasteiger partial charge is 0.497 e. The van der Waals surface area contributed by atoms with Crippen molar-refractivity contribution in [3.05, 3.63) is 54.5 Å². The van der Waals surface area contributed by atoms with Gasteiger partial charge in [0, 0.05) is 47.6 Å². The summed E-state index contributed by atoms with van der Waals surface area (Å²) in [6.45, 7) is 0. The van der Waals surface area contributed by atoms with Gasteiger partial charge in [-0.05, 0) is 24.6 Å². The summed E-state index contributed by atoms with van der Waals surface area (Å²) in [7, 11) is 5.23. The molecule has 2 aromatic carbocycles. The van der Waals surface area contributed by atoms with Crippen LogP contribution in [0, 0.1) is 5.41 Å². The van der Waals surface area contributed by atoms with Crippen molar-refractivity contribution in [3.8, 4) is 11.5 Å². The van der Waals surface area contributed by atoms with E-state index in [-0.39, 0.29) is 0 Å². The van der Waals surface area contributed by atoms with Crippen molar-refractivity contribution < 1.29 is 9.47 Å². The van der Waals surface area contributed by atoms with E-state index in [0.29, 0.717) is 22.8 Å². The zero-order valence-corrected chi connectivity index (χ0v) is 16.1. The first-order chi connectivity index (χ1) is 13.7. The SMILES string of the molecule is BCN/C=C(\C=N)c1cnc2ccc(Nc3cc(OC)cc(OC)c3)cc2n1. The van der Waals surface area contributed by atoms with Crippen molar-refractivity contribution in [3.63, 3.8) is 0 Å². The van der Waals surface area contributed by atoms with Crippen LogP contribution < -0.4 is 20.1 Å². The van der Waals surface area contributed by atoms with Gasteiger partial charge in [0.25, 0.3) is 0 Å². The predicted molar refractivity (Wildman–Crippen MR) is 116 cm³/mol. The molecule has 0 radical (unpaired) electrons. The molecule has 0 amide bonds. The summed E-state index contributed by atoms with van der Waals surface area (Å²) in [6, 6.07) is 11.4. The number of hydrogen-bond acceptors (Lipinski definition) is 7. The molecule has 0 bridgehead atoms. The lowest BCUT2D eigenvalue weighted by molar-refractivity contribution is 0.395. The normalized spacial score (nSPS) is 11.1. The fraction of sp³-hybridized carbons (Fsp3) is 0.150. The summed E-state index contributed by atoms with van der Waals surface area (Å²) in [5.74, 6) is 1.41. The molecule has 1 heterocycles. The maximum atomic E-state index is 7.61. The van der Waals surface area contributed by atoms with Crippen LogP contribution in [0.3, 0.4) is 0 Å². The molecular weight excluding hydrogens is 353 g/mol. The highest BCUT2D eigenvalue weighted by Gasteiger charge is 2.07. The van der Waals surface area contributed by atoms with E-state index < -0.39 is 0 Å². The molecule has 0 atom stereocenters. The zero-order chi connectivity index (χ0) is 19.9. The monoisotopic (exact) mass is 375 g/mol. The Kier molecular flexibility index (Phi) is 6.11. The highest BCUT2D eigenvalue weighted by atomic mass is 16.5. The number of anilines is 2. The minimum Gasteiger partial charge on any atom is -0.497 e. The van der Waals surface area contributed by atoms with Crippen LogP contribution in [0.15, 0.2) is 48.8 Å². The van der Waals surface area contributed by atoms with E-state index in [1.165, 1.54) is 6.21 Å². The van der Waals surface area contributed by atoms with Gasteiger partial charge in [0.2, 0.25) is 0 Å². The third-order valence-corrected chi connectivity index (χ3v) is 4.10. The zero-order valence-electron chi connectivity index (χ0n) is 16.1. The minimum absolute atomic E-state index is 0.642. The molecule has 3 rings (SSSR count). The second-order valence-electron chi connectivity index (χ2n) is 5.99. The fourth-order valence-electron chi connectivity index (χ4n) is 2.68. The van der Waals surface area contributed by atoms with Crippen molar-refractivity contribution in [2.75, 3.05) is 26.0 Å². The molecule has 142 valence electrons. The van der Waals surface area contributed by atoms with Gasteiger partial charge in [-0.15, -0.1) is 0 Å². The molecular formula is C20H22BN5O2. The summed E-state index contributed by atoms with van der Waals surface area (Å²) in [5.41, 5.74) is 4.54.